The average molecular weight is 333 g/mol. The summed E-state index contributed by atoms with van der Waals surface area (Å²) in [5.74, 6) is 0.0727. The first kappa shape index (κ1) is 12.9. The highest BCUT2D eigenvalue weighted by Crippen LogP contribution is 2.35. The van der Waals surface area contributed by atoms with Crippen LogP contribution in [0.15, 0.2) is 53.1 Å². The molecule has 1 heterocycles. The topological polar surface area (TPSA) is 48.1 Å². The van der Waals surface area contributed by atoms with Crippen molar-refractivity contribution in [3.05, 3.63) is 59.0 Å². The van der Waals surface area contributed by atoms with E-state index in [1.165, 1.54) is 12.3 Å². The van der Waals surface area contributed by atoms with Crippen LogP contribution in [0.5, 0.6) is 11.5 Å². The van der Waals surface area contributed by atoms with Crippen LogP contribution in [-0.2, 0) is 0 Å². The fourth-order valence-electron chi connectivity index (χ4n) is 1.91. The monoisotopic (exact) mass is 332 g/mol. The van der Waals surface area contributed by atoms with Gasteiger partial charge in [0.05, 0.1) is 17.4 Å². The largest absolute Gasteiger partial charge is 0.451 e. The lowest BCUT2D eigenvalue weighted by Gasteiger charge is -2.12. The molecule has 0 aliphatic carbocycles. The molecule has 0 atom stereocenters. The summed E-state index contributed by atoms with van der Waals surface area (Å²) in [4.78, 5) is 4.21. The fraction of sp³-hybridized carbons (Fsp3) is 0. The van der Waals surface area contributed by atoms with Crippen LogP contribution in [0.1, 0.15) is 0 Å². The molecule has 100 valence electrons. The highest BCUT2D eigenvalue weighted by atomic mass is 79.9. The lowest BCUT2D eigenvalue weighted by atomic mass is 10.2. The molecule has 0 aliphatic heterocycles. The van der Waals surface area contributed by atoms with Crippen LogP contribution >= 0.6 is 15.9 Å². The van der Waals surface area contributed by atoms with E-state index in [0.717, 1.165) is 15.4 Å². The van der Waals surface area contributed by atoms with Gasteiger partial charge in [0.25, 0.3) is 0 Å². The maximum atomic E-state index is 13.8. The lowest BCUT2D eigenvalue weighted by molar-refractivity contribution is 0.447. The van der Waals surface area contributed by atoms with E-state index in [-0.39, 0.29) is 5.75 Å². The van der Waals surface area contributed by atoms with Gasteiger partial charge >= 0.3 is 0 Å². The SMILES string of the molecule is Nc1cnc2ccccc2c1Oc1cc(Br)ccc1F. The third kappa shape index (κ3) is 2.32. The number of anilines is 1. The maximum Gasteiger partial charge on any atom is 0.165 e. The van der Waals surface area contributed by atoms with Gasteiger partial charge in [0.1, 0.15) is 0 Å². The number of ether oxygens (including phenoxy) is 1. The molecule has 3 nitrogen and oxygen atoms in total. The number of nitrogens with zero attached hydrogens (tertiary/aromatic N) is 1. The molecule has 5 heteroatoms. The maximum absolute atomic E-state index is 13.8. The first-order chi connectivity index (χ1) is 9.65. The van der Waals surface area contributed by atoms with Gasteiger partial charge in [-0.25, -0.2) is 4.39 Å². The van der Waals surface area contributed by atoms with Gasteiger partial charge in [0, 0.05) is 9.86 Å². The standard InChI is InChI=1S/C15H10BrFN2O/c16-9-5-6-11(17)14(7-9)20-15-10-3-1-2-4-13(10)19-8-12(15)18/h1-8H,18H2. The van der Waals surface area contributed by atoms with Gasteiger partial charge < -0.3 is 10.5 Å². The average Bonchev–Trinajstić information content (AvgIpc) is 2.46. The first-order valence-corrected chi connectivity index (χ1v) is 6.70. The van der Waals surface area contributed by atoms with E-state index in [2.05, 4.69) is 20.9 Å². The molecule has 0 radical (unpaired) electrons. The molecule has 20 heavy (non-hydrogen) atoms. The number of hydrogen-bond acceptors (Lipinski definition) is 3. The Morgan fingerprint density at radius 1 is 1.15 bits per heavy atom. The summed E-state index contributed by atoms with van der Waals surface area (Å²) in [5, 5.41) is 0.742. The molecule has 0 unspecified atom stereocenters. The van der Waals surface area contributed by atoms with Crippen LogP contribution in [0.3, 0.4) is 0 Å². The molecular formula is C15H10BrFN2O. The first-order valence-electron chi connectivity index (χ1n) is 5.91. The number of nitrogens with two attached hydrogens (primary N) is 1. The number of pyridine rings is 1. The normalized spacial score (nSPS) is 10.7. The summed E-state index contributed by atoms with van der Waals surface area (Å²) in [5.41, 5.74) is 7.01. The van der Waals surface area contributed by atoms with Crippen LogP contribution in [0.2, 0.25) is 0 Å². The lowest BCUT2D eigenvalue weighted by Crippen LogP contribution is -1.96. The van der Waals surface area contributed by atoms with Crippen molar-refractivity contribution in [1.82, 2.24) is 4.98 Å². The molecule has 0 bridgehead atoms. The van der Waals surface area contributed by atoms with Crippen molar-refractivity contribution in [2.45, 2.75) is 0 Å². The summed E-state index contributed by atoms with van der Waals surface area (Å²) >= 11 is 3.29. The van der Waals surface area contributed by atoms with Crippen molar-refractivity contribution in [2.75, 3.05) is 5.73 Å². The van der Waals surface area contributed by atoms with E-state index in [9.17, 15) is 4.39 Å². The van der Waals surface area contributed by atoms with E-state index >= 15 is 0 Å². The smallest absolute Gasteiger partial charge is 0.165 e. The Morgan fingerprint density at radius 3 is 2.80 bits per heavy atom. The summed E-state index contributed by atoms with van der Waals surface area (Å²) in [7, 11) is 0. The molecule has 0 saturated carbocycles. The van der Waals surface area contributed by atoms with Crippen molar-refractivity contribution >= 4 is 32.5 Å². The predicted octanol–water partition coefficient (Wildman–Crippen LogP) is 4.51. The molecule has 2 N–H and O–H groups in total. The number of benzene rings is 2. The van der Waals surface area contributed by atoms with Gasteiger partial charge in [-0.05, 0) is 30.3 Å². The van der Waals surface area contributed by atoms with Crippen LogP contribution in [0, 0.1) is 5.82 Å². The number of fused-ring (bicyclic) bond motifs is 1. The van der Waals surface area contributed by atoms with Crippen molar-refractivity contribution in [2.24, 2.45) is 0 Å². The van der Waals surface area contributed by atoms with Crippen LogP contribution < -0.4 is 10.5 Å². The number of nitrogen functional groups attached to an aromatic ring is 1. The Morgan fingerprint density at radius 2 is 1.95 bits per heavy atom. The van der Waals surface area contributed by atoms with E-state index < -0.39 is 5.82 Å². The zero-order chi connectivity index (χ0) is 14.1. The molecule has 0 saturated heterocycles. The predicted molar refractivity (Wildman–Crippen MR) is 80.3 cm³/mol. The highest BCUT2D eigenvalue weighted by molar-refractivity contribution is 9.10. The molecule has 0 fully saturated rings. The van der Waals surface area contributed by atoms with Gasteiger partial charge in [-0.1, -0.05) is 28.1 Å². The molecule has 3 rings (SSSR count). The number of para-hydroxylation sites is 1. The summed E-state index contributed by atoms with van der Waals surface area (Å²) in [6.07, 6.45) is 1.51. The summed E-state index contributed by atoms with van der Waals surface area (Å²) in [6, 6.07) is 11.9. The van der Waals surface area contributed by atoms with Crippen molar-refractivity contribution in [3.63, 3.8) is 0 Å². The van der Waals surface area contributed by atoms with E-state index in [4.69, 9.17) is 10.5 Å². The molecular weight excluding hydrogens is 323 g/mol. The summed E-state index contributed by atoms with van der Waals surface area (Å²) < 4.78 is 20.2. The Bertz CT molecular complexity index is 792. The number of rotatable bonds is 2. The minimum absolute atomic E-state index is 0.113. The van der Waals surface area contributed by atoms with E-state index in [0.29, 0.717) is 11.4 Å². The molecule has 3 aromatic rings. The quantitative estimate of drug-likeness (QED) is 0.751. The second kappa shape index (κ2) is 5.09. The molecule has 0 amide bonds. The van der Waals surface area contributed by atoms with Gasteiger partial charge in [-0.3, -0.25) is 4.98 Å². The van der Waals surface area contributed by atoms with Gasteiger partial charge in [-0.15, -0.1) is 0 Å². The van der Waals surface area contributed by atoms with Gasteiger partial charge in [0.15, 0.2) is 17.3 Å². The van der Waals surface area contributed by atoms with E-state index in [1.807, 2.05) is 24.3 Å². The third-order valence-corrected chi connectivity index (χ3v) is 3.35. The highest BCUT2D eigenvalue weighted by Gasteiger charge is 2.12. The van der Waals surface area contributed by atoms with Crippen LogP contribution in [-0.4, -0.2) is 4.98 Å². The number of aromatic nitrogens is 1. The Labute approximate surface area is 123 Å². The second-order valence-electron chi connectivity index (χ2n) is 4.24. The van der Waals surface area contributed by atoms with Crippen molar-refractivity contribution < 1.29 is 9.13 Å². The zero-order valence-corrected chi connectivity index (χ0v) is 11.9. The number of hydrogen-bond donors (Lipinski definition) is 1. The molecule has 0 aliphatic rings. The number of halogens is 2. The Balaban J connectivity index is 2.15. The summed E-state index contributed by atoms with van der Waals surface area (Å²) in [6.45, 7) is 0. The molecule has 0 spiro atoms. The van der Waals surface area contributed by atoms with E-state index in [1.54, 1.807) is 12.1 Å². The molecule has 2 aromatic carbocycles. The Hall–Kier alpha value is -2.14. The van der Waals surface area contributed by atoms with Crippen molar-refractivity contribution in [1.29, 1.82) is 0 Å². The third-order valence-electron chi connectivity index (χ3n) is 2.86. The van der Waals surface area contributed by atoms with Crippen LogP contribution in [0.4, 0.5) is 10.1 Å². The minimum Gasteiger partial charge on any atom is -0.451 e. The van der Waals surface area contributed by atoms with Crippen molar-refractivity contribution in [3.8, 4) is 11.5 Å². The second-order valence-corrected chi connectivity index (χ2v) is 5.15. The minimum atomic E-state index is -0.450. The van der Waals surface area contributed by atoms with Crippen LogP contribution in [0.25, 0.3) is 10.9 Å². The van der Waals surface area contributed by atoms with Gasteiger partial charge in [0.2, 0.25) is 0 Å². The molecule has 1 aromatic heterocycles. The Kier molecular flexibility index (Phi) is 3.28. The zero-order valence-electron chi connectivity index (χ0n) is 10.3. The fourth-order valence-corrected chi connectivity index (χ4v) is 2.25. The van der Waals surface area contributed by atoms with Gasteiger partial charge in [-0.2, -0.15) is 0 Å².